The molecule has 108 valence electrons. The lowest BCUT2D eigenvalue weighted by atomic mass is 9.82. The summed E-state index contributed by atoms with van der Waals surface area (Å²) < 4.78 is 0.668. The Balaban J connectivity index is 2.20. The van der Waals surface area contributed by atoms with E-state index in [1.54, 1.807) is 30.0 Å². The van der Waals surface area contributed by atoms with Crippen molar-refractivity contribution in [1.29, 1.82) is 0 Å². The first kappa shape index (κ1) is 14.8. The second-order valence-electron chi connectivity index (χ2n) is 5.43. The average molecular weight is 341 g/mol. The molecule has 1 aliphatic heterocycles. The van der Waals surface area contributed by atoms with Crippen molar-refractivity contribution in [2.24, 2.45) is 5.41 Å². The van der Waals surface area contributed by atoms with E-state index in [0.29, 0.717) is 35.1 Å². The number of amides is 1. The minimum Gasteiger partial charge on any atom is -0.481 e. The number of carbonyl (C=O) groups excluding carboxylic acids is 1. The van der Waals surface area contributed by atoms with Gasteiger partial charge in [-0.3, -0.25) is 9.59 Å². The van der Waals surface area contributed by atoms with Crippen molar-refractivity contribution in [3.8, 4) is 0 Å². The number of nitrogens with two attached hydrogens (primary N) is 1. The highest BCUT2D eigenvalue weighted by Gasteiger charge is 2.39. The lowest BCUT2D eigenvalue weighted by Crippen LogP contribution is -2.48. The molecule has 20 heavy (non-hydrogen) atoms. The number of piperidine rings is 1. The number of hydrogen-bond donors (Lipinski definition) is 2. The third-order valence-corrected chi connectivity index (χ3v) is 4.43. The van der Waals surface area contributed by atoms with Gasteiger partial charge in [0.2, 0.25) is 0 Å². The number of anilines is 1. The molecule has 2 rings (SSSR count). The van der Waals surface area contributed by atoms with Gasteiger partial charge in [-0.1, -0.05) is 0 Å². The number of rotatable bonds is 2. The van der Waals surface area contributed by atoms with Crippen molar-refractivity contribution in [2.75, 3.05) is 18.8 Å². The summed E-state index contributed by atoms with van der Waals surface area (Å²) in [5.41, 5.74) is 5.92. The normalized spacial score (nSPS) is 22.6. The van der Waals surface area contributed by atoms with Gasteiger partial charge in [0.25, 0.3) is 5.91 Å². The number of halogens is 1. The Kier molecular flexibility index (Phi) is 4.04. The van der Waals surface area contributed by atoms with Gasteiger partial charge in [0, 0.05) is 28.8 Å². The maximum absolute atomic E-state index is 12.4. The predicted octanol–water partition coefficient (Wildman–Crippen LogP) is 2.36. The maximum atomic E-state index is 12.4. The first-order valence-electron chi connectivity index (χ1n) is 6.41. The molecule has 1 aromatic carbocycles. The number of hydrogen-bond acceptors (Lipinski definition) is 3. The van der Waals surface area contributed by atoms with E-state index in [2.05, 4.69) is 15.9 Å². The van der Waals surface area contributed by atoms with Crippen LogP contribution in [0.4, 0.5) is 5.69 Å². The van der Waals surface area contributed by atoms with Gasteiger partial charge in [-0.25, -0.2) is 0 Å². The zero-order valence-electron chi connectivity index (χ0n) is 11.2. The molecule has 0 saturated carbocycles. The van der Waals surface area contributed by atoms with Crippen LogP contribution in [0.2, 0.25) is 0 Å². The molecule has 1 saturated heterocycles. The number of nitrogens with zero attached hydrogens (tertiary/aromatic N) is 1. The Labute approximate surface area is 125 Å². The van der Waals surface area contributed by atoms with Gasteiger partial charge in [0.15, 0.2) is 0 Å². The summed E-state index contributed by atoms with van der Waals surface area (Å²) >= 11 is 3.29. The Morgan fingerprint density at radius 1 is 1.45 bits per heavy atom. The third-order valence-electron chi connectivity index (χ3n) is 3.75. The first-order chi connectivity index (χ1) is 9.33. The highest BCUT2D eigenvalue weighted by atomic mass is 79.9. The van der Waals surface area contributed by atoms with Crippen molar-refractivity contribution < 1.29 is 14.7 Å². The predicted molar refractivity (Wildman–Crippen MR) is 79.4 cm³/mol. The van der Waals surface area contributed by atoms with E-state index >= 15 is 0 Å². The Hall–Kier alpha value is -1.56. The van der Waals surface area contributed by atoms with Crippen molar-refractivity contribution in [2.45, 2.75) is 19.8 Å². The van der Waals surface area contributed by atoms with Crippen molar-refractivity contribution >= 4 is 33.5 Å². The maximum Gasteiger partial charge on any atom is 0.311 e. The molecule has 3 N–H and O–H groups in total. The molecule has 1 fully saturated rings. The molecular weight excluding hydrogens is 324 g/mol. The zero-order chi connectivity index (χ0) is 14.9. The van der Waals surface area contributed by atoms with Gasteiger partial charge in [-0.2, -0.15) is 0 Å². The second-order valence-corrected chi connectivity index (χ2v) is 6.29. The largest absolute Gasteiger partial charge is 0.481 e. The molecule has 6 heteroatoms. The summed E-state index contributed by atoms with van der Waals surface area (Å²) in [6.07, 6.45) is 1.29. The van der Waals surface area contributed by atoms with E-state index in [1.807, 2.05) is 0 Å². The summed E-state index contributed by atoms with van der Waals surface area (Å²) in [4.78, 5) is 25.4. The van der Waals surface area contributed by atoms with Crippen LogP contribution in [0.15, 0.2) is 22.7 Å². The number of nitrogen functional groups attached to an aromatic ring is 1. The topological polar surface area (TPSA) is 83.6 Å². The van der Waals surface area contributed by atoms with Gasteiger partial charge < -0.3 is 15.7 Å². The Bertz CT molecular complexity index is 561. The van der Waals surface area contributed by atoms with Gasteiger partial charge in [-0.05, 0) is 53.9 Å². The molecule has 1 aliphatic rings. The fraction of sp³-hybridized carbons (Fsp3) is 0.429. The molecule has 1 aromatic rings. The average Bonchev–Trinajstić information content (AvgIpc) is 2.41. The monoisotopic (exact) mass is 340 g/mol. The number of benzene rings is 1. The molecule has 0 aromatic heterocycles. The van der Waals surface area contributed by atoms with Crippen LogP contribution in [0.3, 0.4) is 0 Å². The van der Waals surface area contributed by atoms with E-state index < -0.39 is 11.4 Å². The summed E-state index contributed by atoms with van der Waals surface area (Å²) in [5, 5.41) is 9.29. The number of carbonyl (C=O) groups is 2. The van der Waals surface area contributed by atoms with E-state index in [9.17, 15) is 14.7 Å². The molecular formula is C14H17BrN2O3. The summed E-state index contributed by atoms with van der Waals surface area (Å²) in [5.74, 6) is -1.01. The number of carboxylic acid groups (broad SMARTS) is 1. The fourth-order valence-electron chi connectivity index (χ4n) is 2.43. The molecule has 5 nitrogen and oxygen atoms in total. The lowest BCUT2D eigenvalue weighted by molar-refractivity contribution is -0.150. The van der Waals surface area contributed by atoms with Crippen LogP contribution >= 0.6 is 15.9 Å². The molecule has 0 radical (unpaired) electrons. The minimum absolute atomic E-state index is 0.155. The summed E-state index contributed by atoms with van der Waals surface area (Å²) in [6, 6.07) is 5.00. The van der Waals surface area contributed by atoms with Crippen LogP contribution in [0, 0.1) is 5.41 Å². The lowest BCUT2D eigenvalue weighted by Gasteiger charge is -2.37. The van der Waals surface area contributed by atoms with Gasteiger partial charge in [0.05, 0.1) is 5.41 Å². The highest BCUT2D eigenvalue weighted by molar-refractivity contribution is 9.10. The SMILES string of the molecule is CC1(C(=O)O)CCCN(C(=O)c2ccc(N)c(Br)c2)C1. The molecule has 0 aliphatic carbocycles. The van der Waals surface area contributed by atoms with Crippen LogP contribution < -0.4 is 5.73 Å². The van der Waals surface area contributed by atoms with Crippen LogP contribution in [-0.2, 0) is 4.79 Å². The van der Waals surface area contributed by atoms with Crippen molar-refractivity contribution in [3.63, 3.8) is 0 Å². The first-order valence-corrected chi connectivity index (χ1v) is 7.20. The molecule has 0 spiro atoms. The standard InChI is InChI=1S/C14H17BrN2O3/c1-14(13(19)20)5-2-6-17(8-14)12(18)9-3-4-11(16)10(15)7-9/h3-4,7H,2,5-6,8,16H2,1H3,(H,19,20). The quantitative estimate of drug-likeness (QED) is 0.809. The highest BCUT2D eigenvalue weighted by Crippen LogP contribution is 2.31. The third kappa shape index (κ3) is 2.80. The van der Waals surface area contributed by atoms with Gasteiger partial charge in [-0.15, -0.1) is 0 Å². The number of aliphatic carboxylic acids is 1. The Morgan fingerprint density at radius 3 is 2.75 bits per heavy atom. The molecule has 1 amide bonds. The van der Waals surface area contributed by atoms with E-state index in [-0.39, 0.29) is 12.5 Å². The second kappa shape index (κ2) is 5.44. The summed E-state index contributed by atoms with van der Waals surface area (Å²) in [7, 11) is 0. The molecule has 1 heterocycles. The summed E-state index contributed by atoms with van der Waals surface area (Å²) in [6.45, 7) is 2.51. The van der Waals surface area contributed by atoms with Crippen LogP contribution in [0.5, 0.6) is 0 Å². The zero-order valence-corrected chi connectivity index (χ0v) is 12.8. The van der Waals surface area contributed by atoms with Crippen LogP contribution in [0.1, 0.15) is 30.1 Å². The van der Waals surface area contributed by atoms with Crippen molar-refractivity contribution in [1.82, 2.24) is 4.90 Å². The van der Waals surface area contributed by atoms with E-state index in [4.69, 9.17) is 5.73 Å². The van der Waals surface area contributed by atoms with E-state index in [1.165, 1.54) is 0 Å². The van der Waals surface area contributed by atoms with Gasteiger partial charge in [0.1, 0.15) is 0 Å². The minimum atomic E-state index is -0.862. The van der Waals surface area contributed by atoms with Crippen LogP contribution in [0.25, 0.3) is 0 Å². The Morgan fingerprint density at radius 2 is 2.15 bits per heavy atom. The number of likely N-dealkylation sites (tertiary alicyclic amines) is 1. The molecule has 0 bridgehead atoms. The number of carboxylic acids is 1. The van der Waals surface area contributed by atoms with Crippen molar-refractivity contribution in [3.05, 3.63) is 28.2 Å². The fourth-order valence-corrected chi connectivity index (χ4v) is 2.81. The molecule has 1 atom stereocenters. The van der Waals surface area contributed by atoms with E-state index in [0.717, 1.165) is 0 Å². The van der Waals surface area contributed by atoms with Gasteiger partial charge >= 0.3 is 5.97 Å². The molecule has 1 unspecified atom stereocenters. The van der Waals surface area contributed by atoms with Crippen LogP contribution in [-0.4, -0.2) is 35.0 Å². The smallest absolute Gasteiger partial charge is 0.311 e.